The van der Waals surface area contributed by atoms with Crippen LogP contribution in [0.4, 0.5) is 0 Å². The van der Waals surface area contributed by atoms with E-state index in [1.807, 2.05) is 23.6 Å². The van der Waals surface area contributed by atoms with Crippen molar-refractivity contribution in [2.24, 2.45) is 5.73 Å². The molecule has 19 heavy (non-hydrogen) atoms. The molecular weight excluding hydrogens is 260 g/mol. The van der Waals surface area contributed by atoms with Gasteiger partial charge in [-0.2, -0.15) is 0 Å². The van der Waals surface area contributed by atoms with Crippen molar-refractivity contribution in [2.75, 3.05) is 7.11 Å². The lowest BCUT2D eigenvalue weighted by atomic mass is 10.1. The third-order valence-electron chi connectivity index (χ3n) is 3.00. The van der Waals surface area contributed by atoms with Crippen LogP contribution in [-0.2, 0) is 6.54 Å². The van der Waals surface area contributed by atoms with Crippen LogP contribution >= 0.6 is 11.3 Å². The molecule has 0 aliphatic carbocycles. The van der Waals surface area contributed by atoms with E-state index in [1.54, 1.807) is 18.4 Å². The molecule has 0 amide bonds. The van der Waals surface area contributed by atoms with Crippen molar-refractivity contribution in [1.29, 1.82) is 0 Å². The Morgan fingerprint density at radius 3 is 2.95 bits per heavy atom. The van der Waals surface area contributed by atoms with Crippen LogP contribution < -0.4 is 10.5 Å². The van der Waals surface area contributed by atoms with Gasteiger partial charge in [-0.25, -0.2) is 9.50 Å². The van der Waals surface area contributed by atoms with Crippen LogP contribution in [0.5, 0.6) is 5.75 Å². The molecule has 3 aromatic rings. The molecule has 0 bridgehead atoms. The van der Waals surface area contributed by atoms with Crippen LogP contribution in [-0.4, -0.2) is 21.7 Å². The van der Waals surface area contributed by atoms with Gasteiger partial charge in [0.2, 0.25) is 4.96 Å². The summed E-state index contributed by atoms with van der Waals surface area (Å²) in [6.45, 7) is 2.38. The molecule has 1 aromatic carbocycles. The highest BCUT2D eigenvalue weighted by Crippen LogP contribution is 2.28. The molecule has 3 rings (SSSR count). The topological polar surface area (TPSA) is 65.4 Å². The molecule has 2 N–H and O–H groups in total. The number of nitrogens with two attached hydrogens (primary N) is 1. The van der Waals surface area contributed by atoms with Crippen molar-refractivity contribution < 1.29 is 4.74 Å². The monoisotopic (exact) mass is 274 g/mol. The van der Waals surface area contributed by atoms with Gasteiger partial charge in [0.25, 0.3) is 0 Å². The zero-order valence-electron chi connectivity index (χ0n) is 10.8. The molecule has 0 aliphatic rings. The number of aromatic nitrogens is 3. The summed E-state index contributed by atoms with van der Waals surface area (Å²) in [5.41, 5.74) is 8.79. The number of ether oxygens (including phenoxy) is 1. The van der Waals surface area contributed by atoms with Gasteiger partial charge in [0.1, 0.15) is 5.75 Å². The first-order chi connectivity index (χ1) is 9.22. The number of methoxy groups -OCH3 is 1. The average Bonchev–Trinajstić information content (AvgIpc) is 2.97. The predicted octanol–water partition coefficient (Wildman–Crippen LogP) is 2.23. The first-order valence-corrected chi connectivity index (χ1v) is 6.79. The fourth-order valence-electron chi connectivity index (χ4n) is 2.04. The lowest BCUT2D eigenvalue weighted by Crippen LogP contribution is -1.99. The number of hydrogen-bond acceptors (Lipinski definition) is 5. The number of hydrogen-bond donors (Lipinski definition) is 1. The maximum atomic E-state index is 5.57. The van der Waals surface area contributed by atoms with Crippen molar-refractivity contribution in [3.05, 3.63) is 35.0 Å². The molecule has 0 radical (unpaired) electrons. The van der Waals surface area contributed by atoms with Crippen LogP contribution in [0.1, 0.15) is 11.4 Å². The van der Waals surface area contributed by atoms with Gasteiger partial charge >= 0.3 is 0 Å². The predicted molar refractivity (Wildman–Crippen MR) is 75.5 cm³/mol. The highest BCUT2D eigenvalue weighted by Gasteiger charge is 2.11. The van der Waals surface area contributed by atoms with Crippen molar-refractivity contribution in [2.45, 2.75) is 13.5 Å². The number of aryl methyl sites for hydroxylation is 1. The second-order valence-corrected chi connectivity index (χ2v) is 5.07. The molecule has 0 saturated heterocycles. The highest BCUT2D eigenvalue weighted by atomic mass is 32.1. The summed E-state index contributed by atoms with van der Waals surface area (Å²) in [6, 6.07) is 6.08. The highest BCUT2D eigenvalue weighted by molar-refractivity contribution is 7.15. The summed E-state index contributed by atoms with van der Waals surface area (Å²) in [6.07, 6.45) is 0. The molecule has 0 aliphatic heterocycles. The molecule has 98 valence electrons. The largest absolute Gasteiger partial charge is 0.496 e. The van der Waals surface area contributed by atoms with E-state index in [0.29, 0.717) is 12.4 Å². The van der Waals surface area contributed by atoms with Gasteiger partial charge in [0.05, 0.1) is 19.3 Å². The van der Waals surface area contributed by atoms with Gasteiger partial charge in [0.15, 0.2) is 5.82 Å². The number of fused-ring (bicyclic) bond motifs is 1. The van der Waals surface area contributed by atoms with E-state index in [9.17, 15) is 0 Å². The van der Waals surface area contributed by atoms with E-state index in [-0.39, 0.29) is 0 Å². The van der Waals surface area contributed by atoms with Gasteiger partial charge in [-0.1, -0.05) is 0 Å². The maximum absolute atomic E-state index is 5.57. The summed E-state index contributed by atoms with van der Waals surface area (Å²) >= 11 is 1.56. The SMILES string of the molecule is COc1ccc(-c2csc3nc(CN)nn23)cc1C. The second-order valence-electron chi connectivity index (χ2n) is 4.23. The summed E-state index contributed by atoms with van der Waals surface area (Å²) in [5, 5.41) is 6.45. The Labute approximate surface area is 114 Å². The number of rotatable bonds is 3. The van der Waals surface area contributed by atoms with Crippen molar-refractivity contribution in [3.63, 3.8) is 0 Å². The summed E-state index contributed by atoms with van der Waals surface area (Å²) in [4.78, 5) is 5.22. The fourth-order valence-corrected chi connectivity index (χ4v) is 2.89. The summed E-state index contributed by atoms with van der Waals surface area (Å²) < 4.78 is 7.12. The number of benzene rings is 1. The second kappa shape index (κ2) is 4.64. The Bertz CT molecular complexity index is 731. The molecule has 0 saturated carbocycles. The molecule has 2 aromatic heterocycles. The van der Waals surface area contributed by atoms with E-state index >= 15 is 0 Å². The van der Waals surface area contributed by atoms with Gasteiger partial charge in [-0.15, -0.1) is 16.4 Å². The molecular formula is C13H14N4OS. The fraction of sp³-hybridized carbons (Fsp3) is 0.231. The zero-order valence-corrected chi connectivity index (χ0v) is 11.6. The van der Waals surface area contributed by atoms with Crippen molar-refractivity contribution in [3.8, 4) is 17.0 Å². The third-order valence-corrected chi connectivity index (χ3v) is 3.81. The van der Waals surface area contributed by atoms with Crippen LogP contribution in [0.2, 0.25) is 0 Å². The molecule has 0 unspecified atom stereocenters. The molecule has 6 heteroatoms. The Kier molecular flexibility index (Phi) is 2.96. The van der Waals surface area contributed by atoms with Crippen molar-refractivity contribution in [1.82, 2.24) is 14.6 Å². The third kappa shape index (κ3) is 1.98. The van der Waals surface area contributed by atoms with Crippen LogP contribution in [0, 0.1) is 6.92 Å². The van der Waals surface area contributed by atoms with Crippen LogP contribution in [0.3, 0.4) is 0 Å². The average molecular weight is 274 g/mol. The molecule has 5 nitrogen and oxygen atoms in total. The van der Waals surface area contributed by atoms with Gasteiger partial charge in [-0.05, 0) is 30.7 Å². The van der Waals surface area contributed by atoms with Crippen molar-refractivity contribution >= 4 is 16.3 Å². The lowest BCUT2D eigenvalue weighted by molar-refractivity contribution is 0.412. The van der Waals surface area contributed by atoms with E-state index in [1.165, 1.54) is 0 Å². The Morgan fingerprint density at radius 2 is 2.26 bits per heavy atom. The Morgan fingerprint density at radius 1 is 1.42 bits per heavy atom. The summed E-state index contributed by atoms with van der Waals surface area (Å²) in [7, 11) is 1.68. The van der Waals surface area contributed by atoms with E-state index in [4.69, 9.17) is 10.5 Å². The smallest absolute Gasteiger partial charge is 0.212 e. The first-order valence-electron chi connectivity index (χ1n) is 5.91. The van der Waals surface area contributed by atoms with Crippen LogP contribution in [0.25, 0.3) is 16.2 Å². The van der Waals surface area contributed by atoms with E-state index in [2.05, 4.69) is 21.5 Å². The maximum Gasteiger partial charge on any atom is 0.212 e. The normalized spacial score (nSPS) is 11.1. The Hall–Kier alpha value is -1.92. The molecule has 0 spiro atoms. The molecule has 0 fully saturated rings. The number of nitrogens with zero attached hydrogens (tertiary/aromatic N) is 3. The minimum Gasteiger partial charge on any atom is -0.496 e. The van der Waals surface area contributed by atoms with Gasteiger partial charge in [-0.3, -0.25) is 0 Å². The van der Waals surface area contributed by atoms with E-state index < -0.39 is 0 Å². The standard InChI is InChI=1S/C13H14N4OS/c1-8-5-9(3-4-11(8)18-2)10-7-19-13-15-12(6-14)16-17(10)13/h3-5,7H,6,14H2,1-2H3. The summed E-state index contributed by atoms with van der Waals surface area (Å²) in [5.74, 6) is 1.55. The van der Waals surface area contributed by atoms with Gasteiger partial charge < -0.3 is 10.5 Å². The van der Waals surface area contributed by atoms with Gasteiger partial charge in [0, 0.05) is 10.9 Å². The number of thiazole rings is 1. The minimum absolute atomic E-state index is 0.357. The van der Waals surface area contributed by atoms with Crippen LogP contribution in [0.15, 0.2) is 23.6 Å². The Balaban J connectivity index is 2.13. The lowest BCUT2D eigenvalue weighted by Gasteiger charge is -2.06. The minimum atomic E-state index is 0.357. The van der Waals surface area contributed by atoms with E-state index in [0.717, 1.165) is 27.5 Å². The molecule has 2 heterocycles. The first kappa shape index (κ1) is 12.1. The zero-order chi connectivity index (χ0) is 13.4. The molecule has 0 atom stereocenters. The quantitative estimate of drug-likeness (QED) is 0.795.